The summed E-state index contributed by atoms with van der Waals surface area (Å²) in [4.78, 5) is 52.7. The molecule has 0 bridgehead atoms. The van der Waals surface area contributed by atoms with E-state index in [1.807, 2.05) is 60.7 Å². The van der Waals surface area contributed by atoms with Crippen LogP contribution in [0.4, 0.5) is 0 Å². The van der Waals surface area contributed by atoms with E-state index in [9.17, 15) is 19.2 Å². The van der Waals surface area contributed by atoms with Crippen LogP contribution in [0.5, 0.6) is 11.5 Å². The highest BCUT2D eigenvalue weighted by molar-refractivity contribution is 6.06. The van der Waals surface area contributed by atoms with Crippen LogP contribution in [0.2, 0.25) is 0 Å². The molecule has 0 aromatic heterocycles. The Morgan fingerprint density at radius 2 is 0.857 bits per heavy atom. The van der Waals surface area contributed by atoms with Gasteiger partial charge in [-0.3, -0.25) is 19.2 Å². The molecule has 0 saturated carbocycles. The Labute approximate surface area is 330 Å². The highest BCUT2D eigenvalue weighted by Crippen LogP contribution is 2.16. The van der Waals surface area contributed by atoms with E-state index in [0.717, 1.165) is 24.0 Å². The molecular formula is C46H54N4O6. The molecular weight excluding hydrogens is 705 g/mol. The van der Waals surface area contributed by atoms with E-state index in [4.69, 9.17) is 9.47 Å². The number of amides is 4. The van der Waals surface area contributed by atoms with Gasteiger partial charge in [0, 0.05) is 24.2 Å². The second kappa shape index (κ2) is 22.9. The monoisotopic (exact) mass is 758 g/mol. The number of ether oxygens (including phenoxy) is 2. The van der Waals surface area contributed by atoms with Crippen LogP contribution in [-0.2, 0) is 9.59 Å². The van der Waals surface area contributed by atoms with Gasteiger partial charge in [0.2, 0.25) is 0 Å². The largest absolute Gasteiger partial charge is 0.493 e. The Hall–Kier alpha value is -6.16. The molecule has 4 amide bonds. The first kappa shape index (κ1) is 42.6. The van der Waals surface area contributed by atoms with E-state index in [1.54, 1.807) is 60.7 Å². The van der Waals surface area contributed by atoms with Crippen molar-refractivity contribution in [3.63, 3.8) is 0 Å². The van der Waals surface area contributed by atoms with Crippen molar-refractivity contribution < 1.29 is 28.7 Å². The number of nitrogens with one attached hydrogen (secondary N) is 4. The molecule has 0 spiro atoms. The molecule has 0 fully saturated rings. The number of benzene rings is 4. The van der Waals surface area contributed by atoms with Gasteiger partial charge in [0.15, 0.2) is 0 Å². The third-order valence-corrected chi connectivity index (χ3v) is 8.28. The minimum Gasteiger partial charge on any atom is -0.493 e. The Bertz CT molecular complexity index is 1760. The lowest BCUT2D eigenvalue weighted by molar-refractivity contribution is -0.118. The molecule has 4 aromatic rings. The average Bonchev–Trinajstić information content (AvgIpc) is 3.20. The first-order chi connectivity index (χ1) is 27.1. The van der Waals surface area contributed by atoms with E-state index >= 15 is 0 Å². The zero-order chi connectivity index (χ0) is 40.1. The van der Waals surface area contributed by atoms with Gasteiger partial charge >= 0.3 is 0 Å². The summed E-state index contributed by atoms with van der Waals surface area (Å²) in [5, 5.41) is 11.4. The van der Waals surface area contributed by atoms with Gasteiger partial charge in [-0.2, -0.15) is 0 Å². The topological polar surface area (TPSA) is 135 Å². The molecule has 0 saturated heterocycles. The van der Waals surface area contributed by atoms with Crippen LogP contribution in [-0.4, -0.2) is 49.9 Å². The highest BCUT2D eigenvalue weighted by atomic mass is 16.5. The van der Waals surface area contributed by atoms with E-state index in [-0.39, 0.29) is 23.2 Å². The molecule has 0 aliphatic rings. The zero-order valence-electron chi connectivity index (χ0n) is 32.8. The molecule has 4 aromatic carbocycles. The van der Waals surface area contributed by atoms with Crippen molar-refractivity contribution >= 4 is 35.8 Å². The van der Waals surface area contributed by atoms with Gasteiger partial charge in [-0.15, -0.1) is 0 Å². The number of carbonyl (C=O) groups is 4. The Kier molecular flexibility index (Phi) is 17.4. The molecule has 0 atom stereocenters. The first-order valence-corrected chi connectivity index (χ1v) is 19.3. The summed E-state index contributed by atoms with van der Waals surface area (Å²) in [6.07, 6.45) is 6.34. The van der Waals surface area contributed by atoms with E-state index in [1.165, 1.54) is 0 Å². The number of unbranched alkanes of at least 4 members (excludes halogenated alkanes) is 3. The molecule has 4 N–H and O–H groups in total. The van der Waals surface area contributed by atoms with Gasteiger partial charge in [0.25, 0.3) is 23.6 Å². The van der Waals surface area contributed by atoms with Crippen LogP contribution in [0.1, 0.15) is 85.2 Å². The number of rotatable bonds is 21. The highest BCUT2D eigenvalue weighted by Gasteiger charge is 2.16. The van der Waals surface area contributed by atoms with Crippen molar-refractivity contribution in [2.45, 2.75) is 53.4 Å². The SMILES string of the molecule is CC(C)COc1ccc(C(=O)N/C(=C\c2ccccc2)C(=O)NCCCCCCNC(=O)/C(=C\c2ccccc2)NC(=O)c2ccc(OCC(C)C)cc2)cc1. The second-order valence-electron chi connectivity index (χ2n) is 14.2. The summed E-state index contributed by atoms with van der Waals surface area (Å²) in [6, 6.07) is 32.3. The maximum atomic E-state index is 13.3. The lowest BCUT2D eigenvalue weighted by Crippen LogP contribution is -2.35. The van der Waals surface area contributed by atoms with Gasteiger partial charge < -0.3 is 30.7 Å². The maximum Gasteiger partial charge on any atom is 0.267 e. The third-order valence-electron chi connectivity index (χ3n) is 8.28. The standard InChI is InChI=1S/C46H54N4O6/c1-33(2)31-55-39-23-19-37(20-24-39)43(51)49-41(29-35-15-9-7-10-16-35)45(53)47-27-13-5-6-14-28-48-46(54)42(30-36-17-11-8-12-18-36)50-44(52)38-21-25-40(26-22-38)56-32-34(3)4/h7-12,15-26,29-30,33-34H,5-6,13-14,27-28,31-32H2,1-4H3,(H,47,53)(H,48,54)(H,49,51)(H,50,52)/b41-29-,42-30+. The van der Waals surface area contributed by atoms with Crippen LogP contribution >= 0.6 is 0 Å². The molecule has 4 rings (SSSR count). The van der Waals surface area contributed by atoms with Crippen molar-refractivity contribution in [2.24, 2.45) is 11.8 Å². The molecule has 0 aliphatic heterocycles. The minimum atomic E-state index is -0.401. The Morgan fingerprint density at radius 1 is 0.500 bits per heavy atom. The lowest BCUT2D eigenvalue weighted by Gasteiger charge is -2.13. The van der Waals surface area contributed by atoms with Crippen molar-refractivity contribution in [1.82, 2.24) is 21.3 Å². The molecule has 0 aliphatic carbocycles. The van der Waals surface area contributed by atoms with E-state index in [2.05, 4.69) is 49.0 Å². The summed E-state index contributed by atoms with van der Waals surface area (Å²) < 4.78 is 11.4. The first-order valence-electron chi connectivity index (χ1n) is 19.3. The number of carbonyl (C=O) groups excluding carboxylic acids is 4. The van der Waals surface area contributed by atoms with Crippen LogP contribution in [0.15, 0.2) is 121 Å². The van der Waals surface area contributed by atoms with Crippen LogP contribution in [0.3, 0.4) is 0 Å². The molecule has 10 heteroatoms. The fourth-order valence-electron chi connectivity index (χ4n) is 5.27. The smallest absolute Gasteiger partial charge is 0.267 e. The fourth-order valence-corrected chi connectivity index (χ4v) is 5.27. The summed E-state index contributed by atoms with van der Waals surface area (Å²) >= 11 is 0. The second-order valence-corrected chi connectivity index (χ2v) is 14.2. The van der Waals surface area contributed by atoms with Gasteiger partial charge in [-0.25, -0.2) is 0 Å². The number of hydrogen-bond donors (Lipinski definition) is 4. The van der Waals surface area contributed by atoms with Gasteiger partial charge in [-0.1, -0.05) is 101 Å². The molecule has 10 nitrogen and oxygen atoms in total. The van der Waals surface area contributed by atoms with Gasteiger partial charge in [0.05, 0.1) is 13.2 Å². The quantitative estimate of drug-likeness (QED) is 0.0507. The maximum absolute atomic E-state index is 13.3. The van der Waals surface area contributed by atoms with Crippen LogP contribution in [0.25, 0.3) is 12.2 Å². The summed E-state index contributed by atoms with van der Waals surface area (Å²) in [5.74, 6) is 0.534. The van der Waals surface area contributed by atoms with E-state index in [0.29, 0.717) is 73.6 Å². The molecule has 294 valence electrons. The summed E-state index contributed by atoms with van der Waals surface area (Å²) in [7, 11) is 0. The summed E-state index contributed by atoms with van der Waals surface area (Å²) in [5.41, 5.74) is 2.65. The fraction of sp³-hybridized carbons (Fsp3) is 0.304. The predicted octanol–water partition coefficient (Wildman–Crippen LogP) is 7.79. The normalized spacial score (nSPS) is 11.5. The van der Waals surface area contributed by atoms with Crippen molar-refractivity contribution in [3.05, 3.63) is 143 Å². The van der Waals surface area contributed by atoms with Crippen LogP contribution < -0.4 is 30.7 Å². The Morgan fingerprint density at radius 3 is 1.20 bits per heavy atom. The molecule has 0 unspecified atom stereocenters. The van der Waals surface area contributed by atoms with Crippen molar-refractivity contribution in [1.29, 1.82) is 0 Å². The summed E-state index contributed by atoms with van der Waals surface area (Å²) in [6.45, 7) is 10.2. The molecule has 0 heterocycles. The molecule has 0 radical (unpaired) electrons. The van der Waals surface area contributed by atoms with E-state index < -0.39 is 11.8 Å². The molecule has 56 heavy (non-hydrogen) atoms. The zero-order valence-corrected chi connectivity index (χ0v) is 32.8. The average molecular weight is 759 g/mol. The number of hydrogen-bond acceptors (Lipinski definition) is 6. The van der Waals surface area contributed by atoms with Crippen molar-refractivity contribution in [3.8, 4) is 11.5 Å². The third kappa shape index (κ3) is 15.3. The van der Waals surface area contributed by atoms with Crippen molar-refractivity contribution in [2.75, 3.05) is 26.3 Å². The van der Waals surface area contributed by atoms with Gasteiger partial charge in [0.1, 0.15) is 22.9 Å². The lowest BCUT2D eigenvalue weighted by atomic mass is 10.1. The predicted molar refractivity (Wildman–Crippen MR) is 222 cm³/mol. The van der Waals surface area contributed by atoms with Crippen LogP contribution in [0, 0.1) is 11.8 Å². The Balaban J connectivity index is 1.24. The van der Waals surface area contributed by atoms with Gasteiger partial charge in [-0.05, 0) is 96.5 Å². The minimum absolute atomic E-state index is 0.142.